The number of nitrogens with two attached hydrogens (primary N) is 1. The minimum Gasteiger partial charge on any atom is -0.366 e. The molecule has 2 heterocycles. The molecule has 84 valence electrons. The predicted octanol–water partition coefficient (Wildman–Crippen LogP) is 2.09. The maximum atomic E-state index is 11.3. The van der Waals surface area contributed by atoms with Crippen molar-refractivity contribution in [3.63, 3.8) is 0 Å². The maximum Gasteiger partial charge on any atom is 0.250 e. The zero-order chi connectivity index (χ0) is 12.4. The zero-order valence-electron chi connectivity index (χ0n) is 9.10. The lowest BCUT2D eigenvalue weighted by molar-refractivity contribution is 0.1000. The van der Waals surface area contributed by atoms with Crippen LogP contribution in [0.2, 0.25) is 0 Å². The Bertz CT molecular complexity index is 611. The topological polar surface area (TPSA) is 79.8 Å². The number of aromatic nitrogens is 1. The molecule has 0 fully saturated rings. The Kier molecular flexibility index (Phi) is 2.90. The molecule has 0 bridgehead atoms. The van der Waals surface area contributed by atoms with Gasteiger partial charge in [0.1, 0.15) is 6.07 Å². The molecular formula is C12H9N3OS. The molecule has 0 atom stereocenters. The van der Waals surface area contributed by atoms with Gasteiger partial charge in [-0.1, -0.05) is 6.07 Å². The third kappa shape index (κ3) is 2.03. The van der Waals surface area contributed by atoms with Gasteiger partial charge in [0.15, 0.2) is 0 Å². The number of amides is 1. The van der Waals surface area contributed by atoms with Crippen molar-refractivity contribution in [2.24, 2.45) is 5.73 Å². The van der Waals surface area contributed by atoms with E-state index in [0.717, 1.165) is 4.88 Å². The van der Waals surface area contributed by atoms with Crippen molar-refractivity contribution >= 4 is 17.2 Å². The van der Waals surface area contributed by atoms with Gasteiger partial charge in [-0.15, -0.1) is 11.3 Å². The first-order chi connectivity index (χ1) is 8.13. The van der Waals surface area contributed by atoms with Gasteiger partial charge in [-0.3, -0.25) is 9.78 Å². The van der Waals surface area contributed by atoms with Crippen molar-refractivity contribution < 1.29 is 4.79 Å². The van der Waals surface area contributed by atoms with Gasteiger partial charge in [0.2, 0.25) is 5.91 Å². The fourth-order valence-corrected chi connectivity index (χ4v) is 2.24. The van der Waals surface area contributed by atoms with Crippen LogP contribution in [0.25, 0.3) is 10.6 Å². The maximum absolute atomic E-state index is 11.3. The number of aryl methyl sites for hydroxylation is 1. The number of carbonyl (C=O) groups excluding carboxylic acids is 1. The molecule has 5 heteroatoms. The Labute approximate surface area is 102 Å². The molecule has 0 spiro atoms. The van der Waals surface area contributed by atoms with Crippen molar-refractivity contribution in [1.29, 1.82) is 5.26 Å². The van der Waals surface area contributed by atoms with Gasteiger partial charge in [0.25, 0.3) is 0 Å². The number of hydrogen-bond acceptors (Lipinski definition) is 4. The average Bonchev–Trinajstić information content (AvgIpc) is 2.81. The van der Waals surface area contributed by atoms with Crippen LogP contribution in [0, 0.1) is 18.3 Å². The molecule has 17 heavy (non-hydrogen) atoms. The van der Waals surface area contributed by atoms with Gasteiger partial charge in [-0.05, 0) is 24.4 Å². The smallest absolute Gasteiger partial charge is 0.250 e. The lowest BCUT2D eigenvalue weighted by Gasteiger charge is -2.05. The second kappa shape index (κ2) is 4.36. The van der Waals surface area contributed by atoms with Crippen LogP contribution in [0.15, 0.2) is 23.6 Å². The Balaban J connectivity index is 2.67. The van der Waals surface area contributed by atoms with E-state index >= 15 is 0 Å². The van der Waals surface area contributed by atoms with E-state index in [1.54, 1.807) is 13.0 Å². The molecule has 0 radical (unpaired) electrons. The fraction of sp³-hybridized carbons (Fsp3) is 0.0833. The third-order valence-electron chi connectivity index (χ3n) is 2.35. The number of nitriles is 1. The summed E-state index contributed by atoms with van der Waals surface area (Å²) in [7, 11) is 0. The Hall–Kier alpha value is -2.19. The number of thiophene rings is 1. The predicted molar refractivity (Wildman–Crippen MR) is 65.5 cm³/mol. The monoisotopic (exact) mass is 243 g/mol. The second-order valence-corrected chi connectivity index (χ2v) is 4.42. The summed E-state index contributed by atoms with van der Waals surface area (Å²) in [4.78, 5) is 16.6. The third-order valence-corrected chi connectivity index (χ3v) is 3.24. The van der Waals surface area contributed by atoms with Crippen molar-refractivity contribution in [2.75, 3.05) is 0 Å². The van der Waals surface area contributed by atoms with Gasteiger partial charge >= 0.3 is 0 Å². The van der Waals surface area contributed by atoms with E-state index in [1.807, 2.05) is 23.6 Å². The molecule has 0 aliphatic carbocycles. The average molecular weight is 243 g/mol. The van der Waals surface area contributed by atoms with E-state index in [0.29, 0.717) is 11.4 Å². The van der Waals surface area contributed by atoms with Crippen molar-refractivity contribution in [1.82, 2.24) is 4.98 Å². The van der Waals surface area contributed by atoms with Gasteiger partial charge < -0.3 is 5.73 Å². The van der Waals surface area contributed by atoms with Gasteiger partial charge in [0, 0.05) is 0 Å². The summed E-state index contributed by atoms with van der Waals surface area (Å²) in [5.74, 6) is -0.607. The lowest BCUT2D eigenvalue weighted by atomic mass is 10.1. The van der Waals surface area contributed by atoms with E-state index in [-0.39, 0.29) is 11.1 Å². The molecule has 0 saturated heterocycles. The highest BCUT2D eigenvalue weighted by molar-refractivity contribution is 7.13. The van der Waals surface area contributed by atoms with Crippen LogP contribution in [-0.4, -0.2) is 10.9 Å². The van der Waals surface area contributed by atoms with Crippen molar-refractivity contribution in [2.45, 2.75) is 6.92 Å². The molecular weight excluding hydrogens is 234 g/mol. The molecule has 2 rings (SSSR count). The van der Waals surface area contributed by atoms with Gasteiger partial charge in [-0.25, -0.2) is 0 Å². The van der Waals surface area contributed by atoms with Crippen LogP contribution >= 0.6 is 11.3 Å². The molecule has 0 aliphatic heterocycles. The zero-order valence-corrected chi connectivity index (χ0v) is 9.91. The Morgan fingerprint density at radius 1 is 1.59 bits per heavy atom. The normalized spacial score (nSPS) is 9.88. The van der Waals surface area contributed by atoms with Crippen molar-refractivity contribution in [3.05, 3.63) is 40.4 Å². The summed E-state index contributed by atoms with van der Waals surface area (Å²) in [5.41, 5.74) is 6.93. The molecule has 4 nitrogen and oxygen atoms in total. The van der Waals surface area contributed by atoms with Crippen molar-refractivity contribution in [3.8, 4) is 16.6 Å². The molecule has 2 N–H and O–H groups in total. The first-order valence-electron chi connectivity index (χ1n) is 4.89. The van der Waals surface area contributed by atoms with Crippen LogP contribution in [-0.2, 0) is 0 Å². The fourth-order valence-electron chi connectivity index (χ4n) is 1.56. The summed E-state index contributed by atoms with van der Waals surface area (Å²) >= 11 is 1.52. The number of rotatable bonds is 2. The van der Waals surface area contributed by atoms with Crippen LogP contribution in [0.4, 0.5) is 0 Å². The molecule has 2 aromatic rings. The molecule has 0 aliphatic rings. The van der Waals surface area contributed by atoms with E-state index < -0.39 is 5.91 Å². The Morgan fingerprint density at radius 3 is 2.88 bits per heavy atom. The number of nitrogens with zero attached hydrogens (tertiary/aromatic N) is 2. The van der Waals surface area contributed by atoms with Crippen LogP contribution in [0.1, 0.15) is 21.6 Å². The number of carbonyl (C=O) groups is 1. The van der Waals surface area contributed by atoms with Crippen LogP contribution in [0.5, 0.6) is 0 Å². The highest BCUT2D eigenvalue weighted by Crippen LogP contribution is 2.25. The number of primary amides is 1. The first-order valence-corrected chi connectivity index (χ1v) is 5.77. The number of pyridine rings is 1. The van der Waals surface area contributed by atoms with E-state index in [4.69, 9.17) is 11.0 Å². The summed E-state index contributed by atoms with van der Waals surface area (Å²) in [6.45, 7) is 1.70. The lowest BCUT2D eigenvalue weighted by Crippen LogP contribution is -2.14. The molecule has 0 saturated carbocycles. The van der Waals surface area contributed by atoms with Crippen LogP contribution in [0.3, 0.4) is 0 Å². The van der Waals surface area contributed by atoms with Gasteiger partial charge in [0.05, 0.1) is 27.4 Å². The minimum atomic E-state index is -0.607. The van der Waals surface area contributed by atoms with E-state index in [1.165, 1.54) is 11.3 Å². The Morgan fingerprint density at radius 2 is 2.35 bits per heavy atom. The molecule has 1 amide bonds. The number of hydrogen-bond donors (Lipinski definition) is 1. The summed E-state index contributed by atoms with van der Waals surface area (Å²) < 4.78 is 0. The van der Waals surface area contributed by atoms with E-state index in [2.05, 4.69) is 4.98 Å². The quantitative estimate of drug-likeness (QED) is 0.877. The first kappa shape index (κ1) is 11.3. The minimum absolute atomic E-state index is 0.225. The summed E-state index contributed by atoms with van der Waals surface area (Å²) in [6, 6.07) is 7.33. The standard InChI is InChI=1S/C12H9N3OS/c1-7-9(6-13)8(12(14)16)5-10(15-7)11-3-2-4-17-11/h2-5H,1H3,(H2,14,16). The second-order valence-electron chi connectivity index (χ2n) is 3.47. The van der Waals surface area contributed by atoms with Crippen LogP contribution < -0.4 is 5.73 Å². The molecule has 2 aromatic heterocycles. The van der Waals surface area contributed by atoms with Gasteiger partial charge in [-0.2, -0.15) is 5.26 Å². The summed E-state index contributed by atoms with van der Waals surface area (Å²) in [6.07, 6.45) is 0. The highest BCUT2D eigenvalue weighted by Gasteiger charge is 2.14. The SMILES string of the molecule is Cc1nc(-c2cccs2)cc(C(N)=O)c1C#N. The highest BCUT2D eigenvalue weighted by atomic mass is 32.1. The molecule has 0 unspecified atom stereocenters. The molecule has 0 aromatic carbocycles. The largest absolute Gasteiger partial charge is 0.366 e. The van der Waals surface area contributed by atoms with E-state index in [9.17, 15) is 4.79 Å². The summed E-state index contributed by atoms with van der Waals surface area (Å²) in [5, 5.41) is 10.9.